The predicted molar refractivity (Wildman–Crippen MR) is 138 cm³/mol. The van der Waals surface area contributed by atoms with Gasteiger partial charge in [0.15, 0.2) is 0 Å². The quantitative estimate of drug-likeness (QED) is 0.630. The predicted octanol–water partition coefficient (Wildman–Crippen LogP) is 4.32. The number of carboxylic acid groups (broad SMARTS) is 1. The Morgan fingerprint density at radius 1 is 0.972 bits per heavy atom. The normalized spacial score (nSPS) is 21.9. The molecule has 2 N–H and O–H groups in total. The molecule has 2 aliphatic rings. The number of hydrogen-bond donors (Lipinski definition) is 2. The highest BCUT2D eigenvalue weighted by atomic mass is 16.4. The van der Waals surface area contributed by atoms with E-state index in [0.717, 1.165) is 43.4 Å². The summed E-state index contributed by atoms with van der Waals surface area (Å²) in [5.41, 5.74) is 4.29. The molecule has 2 aromatic rings. The molecule has 1 saturated heterocycles. The molecule has 1 saturated carbocycles. The van der Waals surface area contributed by atoms with Crippen LogP contribution in [0, 0.1) is 6.92 Å². The molecular formula is C29H36N3O4-. The number of carbonyl (C=O) groups excluding carboxylic acids is 3. The molecule has 0 aromatic heterocycles. The summed E-state index contributed by atoms with van der Waals surface area (Å²) in [5, 5.41) is 17.2. The fraction of sp³-hybridized carbons (Fsp3) is 0.483. The van der Waals surface area contributed by atoms with Crippen molar-refractivity contribution < 1.29 is 19.5 Å². The first-order valence-electron chi connectivity index (χ1n) is 13.0. The molecule has 0 spiro atoms. The van der Waals surface area contributed by atoms with E-state index < -0.39 is 12.0 Å². The van der Waals surface area contributed by atoms with Gasteiger partial charge in [0.05, 0.1) is 5.97 Å². The lowest BCUT2D eigenvalue weighted by Gasteiger charge is -2.32. The van der Waals surface area contributed by atoms with E-state index in [-0.39, 0.29) is 23.5 Å². The average Bonchev–Trinajstić information content (AvgIpc) is 3.35. The van der Waals surface area contributed by atoms with Crippen molar-refractivity contribution in [3.05, 3.63) is 64.7 Å². The topological polar surface area (TPSA) is 102 Å². The van der Waals surface area contributed by atoms with Gasteiger partial charge in [0, 0.05) is 18.3 Å². The molecule has 4 rings (SSSR count). The van der Waals surface area contributed by atoms with Gasteiger partial charge in [0.25, 0.3) is 0 Å². The second-order valence-corrected chi connectivity index (χ2v) is 10.5. The summed E-state index contributed by atoms with van der Waals surface area (Å²) in [4.78, 5) is 38.8. The molecule has 7 heteroatoms. The molecule has 1 aliphatic carbocycles. The number of aryl methyl sites for hydroxylation is 1. The van der Waals surface area contributed by atoms with Crippen LogP contribution in [0.5, 0.6) is 0 Å². The average molecular weight is 491 g/mol. The summed E-state index contributed by atoms with van der Waals surface area (Å²) >= 11 is 0. The van der Waals surface area contributed by atoms with Crippen LogP contribution in [0.15, 0.2) is 42.5 Å². The first-order chi connectivity index (χ1) is 17.2. The molecule has 192 valence electrons. The van der Waals surface area contributed by atoms with Crippen molar-refractivity contribution in [2.24, 2.45) is 0 Å². The molecule has 36 heavy (non-hydrogen) atoms. The number of rotatable bonds is 6. The van der Waals surface area contributed by atoms with Gasteiger partial charge in [-0.05, 0) is 97.7 Å². The van der Waals surface area contributed by atoms with E-state index in [9.17, 15) is 19.5 Å². The zero-order valence-corrected chi connectivity index (χ0v) is 21.4. The number of nitrogens with zero attached hydrogens (tertiary/aromatic N) is 1. The lowest BCUT2D eigenvalue weighted by atomic mass is 9.80. The molecule has 3 amide bonds. The molecule has 0 radical (unpaired) electrons. The zero-order valence-electron chi connectivity index (χ0n) is 21.4. The smallest absolute Gasteiger partial charge is 0.322 e. The molecule has 1 atom stereocenters. The highest BCUT2D eigenvalue weighted by Gasteiger charge is 2.35. The minimum Gasteiger partial charge on any atom is -0.545 e. The third kappa shape index (κ3) is 5.89. The maximum absolute atomic E-state index is 13.1. The number of likely N-dealkylation sites (tertiary alicyclic amines) is 1. The summed E-state index contributed by atoms with van der Waals surface area (Å²) in [5.74, 6) is -0.453. The largest absolute Gasteiger partial charge is 0.545 e. The molecule has 0 bridgehead atoms. The minimum absolute atomic E-state index is 0.0734. The van der Waals surface area contributed by atoms with Gasteiger partial charge >= 0.3 is 6.03 Å². The van der Waals surface area contributed by atoms with Crippen molar-refractivity contribution in [2.75, 3.05) is 11.9 Å². The fourth-order valence-electron chi connectivity index (χ4n) is 5.54. The molecule has 1 aliphatic heterocycles. The highest BCUT2D eigenvalue weighted by Crippen LogP contribution is 2.35. The van der Waals surface area contributed by atoms with Crippen LogP contribution < -0.4 is 15.7 Å². The number of carboxylic acids is 1. The number of nitrogens with one attached hydrogen (secondary N) is 2. The SMILES string of the molecule is Cc1cc(C(=O)[O-])ccc1C1CCC(NC(=O)[C@H]2CCCN2C(=O)Nc2ccc(C(C)C)cc2)CC1. The van der Waals surface area contributed by atoms with Gasteiger partial charge in [-0.25, -0.2) is 4.79 Å². The second kappa shape index (κ2) is 11.1. The van der Waals surface area contributed by atoms with Crippen LogP contribution in [-0.2, 0) is 4.79 Å². The standard InChI is InChI=1S/C29H37N3O4/c1-18(2)20-6-11-24(12-7-20)31-29(36)32-16-4-5-26(32)27(33)30-23-13-8-21(9-14-23)25-15-10-22(28(34)35)17-19(25)3/h6-7,10-12,15,17-18,21,23,26H,4-5,8-9,13-14,16H2,1-3H3,(H,30,33)(H,31,36)(H,34,35)/p-1/t21?,23?,26-/m1/s1. The van der Waals surface area contributed by atoms with E-state index in [2.05, 4.69) is 24.5 Å². The third-order valence-corrected chi connectivity index (χ3v) is 7.66. The summed E-state index contributed by atoms with van der Waals surface area (Å²) in [6.45, 7) is 6.77. The maximum atomic E-state index is 13.1. The van der Waals surface area contributed by atoms with Crippen LogP contribution in [0.25, 0.3) is 0 Å². The number of aromatic carboxylic acids is 1. The summed E-state index contributed by atoms with van der Waals surface area (Å²) in [7, 11) is 0. The summed E-state index contributed by atoms with van der Waals surface area (Å²) < 4.78 is 0. The van der Waals surface area contributed by atoms with E-state index in [0.29, 0.717) is 24.8 Å². The number of carbonyl (C=O) groups is 3. The van der Waals surface area contributed by atoms with E-state index in [1.807, 2.05) is 37.3 Å². The van der Waals surface area contributed by atoms with Crippen molar-refractivity contribution in [3.63, 3.8) is 0 Å². The van der Waals surface area contributed by atoms with Gasteiger partial charge in [-0.2, -0.15) is 0 Å². The van der Waals surface area contributed by atoms with E-state index in [1.165, 1.54) is 11.1 Å². The minimum atomic E-state index is -1.16. The number of benzene rings is 2. The van der Waals surface area contributed by atoms with Gasteiger partial charge in [0.1, 0.15) is 6.04 Å². The van der Waals surface area contributed by atoms with Crippen LogP contribution in [0.2, 0.25) is 0 Å². The first kappa shape index (κ1) is 25.7. The second-order valence-electron chi connectivity index (χ2n) is 10.5. The van der Waals surface area contributed by atoms with Crippen molar-refractivity contribution in [2.45, 2.75) is 83.2 Å². The number of hydrogen-bond acceptors (Lipinski definition) is 4. The maximum Gasteiger partial charge on any atom is 0.322 e. The highest BCUT2D eigenvalue weighted by molar-refractivity contribution is 5.94. The van der Waals surface area contributed by atoms with E-state index in [4.69, 9.17) is 0 Å². The van der Waals surface area contributed by atoms with Gasteiger partial charge in [-0.1, -0.05) is 38.1 Å². The molecular weight excluding hydrogens is 454 g/mol. The number of urea groups is 1. The Kier molecular flexibility index (Phi) is 7.97. The van der Waals surface area contributed by atoms with Gasteiger partial charge < -0.3 is 25.4 Å². The fourth-order valence-corrected chi connectivity index (χ4v) is 5.54. The molecule has 0 unspecified atom stereocenters. The van der Waals surface area contributed by atoms with Crippen molar-refractivity contribution >= 4 is 23.6 Å². The van der Waals surface area contributed by atoms with Gasteiger partial charge in [0.2, 0.25) is 5.91 Å². The van der Waals surface area contributed by atoms with Crippen LogP contribution in [0.1, 0.15) is 91.3 Å². The Labute approximate surface area is 213 Å². The number of amides is 3. The molecule has 2 fully saturated rings. The first-order valence-corrected chi connectivity index (χ1v) is 13.0. The Morgan fingerprint density at radius 3 is 2.28 bits per heavy atom. The van der Waals surface area contributed by atoms with Crippen LogP contribution in [0.4, 0.5) is 10.5 Å². The molecule has 1 heterocycles. The summed E-state index contributed by atoms with van der Waals surface area (Å²) in [6, 6.07) is 12.5. The Morgan fingerprint density at radius 2 is 1.67 bits per heavy atom. The summed E-state index contributed by atoms with van der Waals surface area (Å²) in [6.07, 6.45) is 5.06. The lowest BCUT2D eigenvalue weighted by Crippen LogP contribution is -2.50. The van der Waals surface area contributed by atoms with Crippen molar-refractivity contribution in [3.8, 4) is 0 Å². The zero-order chi connectivity index (χ0) is 25.8. The van der Waals surface area contributed by atoms with Crippen molar-refractivity contribution in [1.29, 1.82) is 0 Å². The lowest BCUT2D eigenvalue weighted by molar-refractivity contribution is -0.255. The van der Waals surface area contributed by atoms with Crippen LogP contribution in [-0.4, -0.2) is 41.4 Å². The van der Waals surface area contributed by atoms with Crippen molar-refractivity contribution in [1.82, 2.24) is 10.2 Å². The van der Waals surface area contributed by atoms with E-state index >= 15 is 0 Å². The Bertz CT molecular complexity index is 1100. The van der Waals surface area contributed by atoms with Gasteiger partial charge in [-0.3, -0.25) is 4.79 Å². The monoisotopic (exact) mass is 490 g/mol. The third-order valence-electron chi connectivity index (χ3n) is 7.66. The number of anilines is 1. The van der Waals surface area contributed by atoms with Gasteiger partial charge in [-0.15, -0.1) is 0 Å². The molecule has 7 nitrogen and oxygen atoms in total. The molecule has 2 aromatic carbocycles. The van der Waals surface area contributed by atoms with Crippen LogP contribution >= 0.6 is 0 Å². The van der Waals surface area contributed by atoms with Crippen LogP contribution in [0.3, 0.4) is 0 Å². The Balaban J connectivity index is 1.30. The Hall–Kier alpha value is -3.35. The van der Waals surface area contributed by atoms with E-state index in [1.54, 1.807) is 17.0 Å².